The van der Waals surface area contributed by atoms with E-state index in [2.05, 4.69) is 24.0 Å². The van der Waals surface area contributed by atoms with Gasteiger partial charge < -0.3 is 19.1 Å². The number of halogens is 1. The average Bonchev–Trinajstić information content (AvgIpc) is 3.14. The molecular formula is C18H24FN5O3. The van der Waals surface area contributed by atoms with Gasteiger partial charge in [-0.15, -0.1) is 0 Å². The van der Waals surface area contributed by atoms with Gasteiger partial charge in [-0.25, -0.2) is 0 Å². The van der Waals surface area contributed by atoms with Crippen LogP contribution < -0.4 is 15.4 Å². The molecule has 0 aromatic carbocycles. The minimum atomic E-state index is -0.798. The van der Waals surface area contributed by atoms with Crippen molar-refractivity contribution in [2.75, 3.05) is 29.6 Å². The molecule has 4 rings (SSSR count). The molecule has 27 heavy (non-hydrogen) atoms. The van der Waals surface area contributed by atoms with Crippen LogP contribution in [0.4, 0.5) is 16.2 Å². The lowest BCUT2D eigenvalue weighted by Crippen LogP contribution is -2.53. The average molecular weight is 377 g/mol. The second-order valence-corrected chi connectivity index (χ2v) is 7.76. The first-order chi connectivity index (χ1) is 12.9. The molecule has 2 aromatic rings. The highest BCUT2D eigenvalue weighted by Crippen LogP contribution is 2.33. The van der Waals surface area contributed by atoms with Crippen molar-refractivity contribution in [2.24, 2.45) is 0 Å². The van der Waals surface area contributed by atoms with Gasteiger partial charge in [0.05, 0.1) is 25.8 Å². The Kier molecular flexibility index (Phi) is 4.41. The Bertz CT molecular complexity index is 880. The molecule has 0 radical (unpaired) electrons. The van der Waals surface area contributed by atoms with Crippen LogP contribution in [-0.2, 0) is 17.8 Å². The van der Waals surface area contributed by atoms with E-state index in [0.717, 1.165) is 5.69 Å². The predicted molar refractivity (Wildman–Crippen MR) is 97.5 cm³/mol. The fourth-order valence-corrected chi connectivity index (χ4v) is 3.71. The van der Waals surface area contributed by atoms with Gasteiger partial charge in [0.25, 0.3) is 5.56 Å². The van der Waals surface area contributed by atoms with Crippen LogP contribution in [0.25, 0.3) is 0 Å². The number of rotatable bonds is 3. The summed E-state index contributed by atoms with van der Waals surface area (Å²) in [6.45, 7) is 8.44. The summed E-state index contributed by atoms with van der Waals surface area (Å²) in [6, 6.07) is 1.73. The fraction of sp³-hybridized carbons (Fsp3) is 0.611. The Hall–Kier alpha value is -2.42. The van der Waals surface area contributed by atoms with Crippen molar-refractivity contribution in [3.05, 3.63) is 34.2 Å². The number of hydrogen-bond acceptors (Lipinski definition) is 7. The minimum absolute atomic E-state index is 0.0520. The summed E-state index contributed by atoms with van der Waals surface area (Å²) < 4.78 is 26.7. The second kappa shape index (κ2) is 6.63. The van der Waals surface area contributed by atoms with Crippen molar-refractivity contribution >= 4 is 11.8 Å². The second-order valence-electron chi connectivity index (χ2n) is 7.76. The van der Waals surface area contributed by atoms with E-state index in [1.54, 1.807) is 6.07 Å². The summed E-state index contributed by atoms with van der Waals surface area (Å²) in [5, 5.41) is 3.98. The molecule has 2 aliphatic rings. The van der Waals surface area contributed by atoms with E-state index >= 15 is 0 Å². The molecule has 2 aromatic heterocycles. The van der Waals surface area contributed by atoms with Gasteiger partial charge in [0, 0.05) is 24.7 Å². The highest BCUT2D eigenvalue weighted by atomic mass is 19.1. The Morgan fingerprint density at radius 1 is 1.37 bits per heavy atom. The van der Waals surface area contributed by atoms with Gasteiger partial charge in [-0.2, -0.15) is 9.37 Å². The quantitative estimate of drug-likeness (QED) is 0.807. The first-order valence-corrected chi connectivity index (χ1v) is 9.20. The molecule has 146 valence electrons. The van der Waals surface area contributed by atoms with Crippen molar-refractivity contribution < 1.29 is 13.7 Å². The van der Waals surface area contributed by atoms with E-state index in [0.29, 0.717) is 45.2 Å². The maximum Gasteiger partial charge on any atom is 0.293 e. The lowest BCUT2D eigenvalue weighted by molar-refractivity contribution is 0.0980. The van der Waals surface area contributed by atoms with Gasteiger partial charge >= 0.3 is 0 Å². The van der Waals surface area contributed by atoms with E-state index in [1.165, 1.54) is 10.8 Å². The number of anilines is 2. The summed E-state index contributed by atoms with van der Waals surface area (Å²) in [5.74, 6) is -0.229. The standard InChI is InChI=1S/C18H24FN5O3/c1-12-11-26-9-7-22(12)15-14(19)16(25)23-6-5-18(2,3)24(17(23)20-15)10-13-4-8-27-21-13/h4,8,12H,5-7,9-11H2,1-3H3. The van der Waals surface area contributed by atoms with E-state index in [1.807, 2.05) is 16.7 Å². The Balaban J connectivity index is 1.82. The minimum Gasteiger partial charge on any atom is -0.377 e. The summed E-state index contributed by atoms with van der Waals surface area (Å²) in [7, 11) is 0. The fourth-order valence-electron chi connectivity index (χ4n) is 3.71. The molecule has 0 amide bonds. The number of fused-ring (bicyclic) bond motifs is 1. The van der Waals surface area contributed by atoms with Crippen molar-refractivity contribution in [2.45, 2.75) is 51.9 Å². The van der Waals surface area contributed by atoms with Crippen molar-refractivity contribution in [3.63, 3.8) is 0 Å². The van der Waals surface area contributed by atoms with Gasteiger partial charge in [0.1, 0.15) is 12.0 Å². The summed E-state index contributed by atoms with van der Waals surface area (Å²) in [5.41, 5.74) is -0.157. The monoisotopic (exact) mass is 377 g/mol. The third-order valence-corrected chi connectivity index (χ3v) is 5.45. The van der Waals surface area contributed by atoms with Crippen LogP contribution in [0.5, 0.6) is 0 Å². The third-order valence-electron chi connectivity index (χ3n) is 5.45. The predicted octanol–water partition coefficient (Wildman–Crippen LogP) is 1.78. The van der Waals surface area contributed by atoms with Crippen LogP contribution in [0.15, 0.2) is 21.6 Å². The van der Waals surface area contributed by atoms with Crippen LogP contribution in [0.2, 0.25) is 0 Å². The van der Waals surface area contributed by atoms with Crippen LogP contribution >= 0.6 is 0 Å². The molecule has 1 unspecified atom stereocenters. The van der Waals surface area contributed by atoms with Gasteiger partial charge in [0.2, 0.25) is 11.8 Å². The molecule has 0 bridgehead atoms. The topological polar surface area (TPSA) is 76.6 Å². The zero-order chi connectivity index (χ0) is 19.2. The molecule has 0 N–H and O–H groups in total. The lowest BCUT2D eigenvalue weighted by Gasteiger charge is -2.44. The number of aromatic nitrogens is 3. The molecule has 9 heteroatoms. The zero-order valence-electron chi connectivity index (χ0n) is 15.8. The van der Waals surface area contributed by atoms with E-state index in [4.69, 9.17) is 9.26 Å². The summed E-state index contributed by atoms with van der Waals surface area (Å²) >= 11 is 0. The van der Waals surface area contributed by atoms with Crippen LogP contribution in [-0.4, -0.2) is 46.0 Å². The Morgan fingerprint density at radius 3 is 2.89 bits per heavy atom. The highest BCUT2D eigenvalue weighted by molar-refractivity contribution is 5.49. The number of ether oxygens (including phenoxy) is 1. The first kappa shape index (κ1) is 18.0. The van der Waals surface area contributed by atoms with Crippen LogP contribution in [0.1, 0.15) is 32.9 Å². The van der Waals surface area contributed by atoms with Crippen molar-refractivity contribution in [1.29, 1.82) is 0 Å². The Morgan fingerprint density at radius 2 is 2.19 bits per heavy atom. The van der Waals surface area contributed by atoms with E-state index in [-0.39, 0.29) is 17.4 Å². The zero-order valence-corrected chi connectivity index (χ0v) is 15.8. The third kappa shape index (κ3) is 3.09. The number of hydrogen-bond donors (Lipinski definition) is 0. The van der Waals surface area contributed by atoms with Crippen LogP contribution in [0, 0.1) is 5.82 Å². The lowest BCUT2D eigenvalue weighted by atomic mass is 9.96. The van der Waals surface area contributed by atoms with Crippen molar-refractivity contribution in [1.82, 2.24) is 14.7 Å². The summed E-state index contributed by atoms with van der Waals surface area (Å²) in [4.78, 5) is 21.2. The molecule has 8 nitrogen and oxygen atoms in total. The molecule has 1 saturated heterocycles. The molecule has 1 fully saturated rings. The molecule has 0 spiro atoms. The highest BCUT2D eigenvalue weighted by Gasteiger charge is 2.37. The molecule has 0 aliphatic carbocycles. The maximum absolute atomic E-state index is 14.9. The Labute approximate surface area is 156 Å². The smallest absolute Gasteiger partial charge is 0.293 e. The normalized spacial score (nSPS) is 22.0. The van der Waals surface area contributed by atoms with Gasteiger partial charge in [-0.05, 0) is 27.2 Å². The molecular weight excluding hydrogens is 353 g/mol. The van der Waals surface area contributed by atoms with E-state index < -0.39 is 11.4 Å². The van der Waals surface area contributed by atoms with Gasteiger partial charge in [-0.3, -0.25) is 9.36 Å². The molecule has 0 saturated carbocycles. The molecule has 4 heterocycles. The largest absolute Gasteiger partial charge is 0.377 e. The number of nitrogens with zero attached hydrogens (tertiary/aromatic N) is 5. The number of morpholine rings is 1. The maximum atomic E-state index is 14.9. The summed E-state index contributed by atoms with van der Waals surface area (Å²) in [6.07, 6.45) is 2.21. The van der Waals surface area contributed by atoms with Crippen LogP contribution in [0.3, 0.4) is 0 Å². The SMILES string of the molecule is CC1COCCN1c1nc2n(c(=O)c1F)CCC(C)(C)N2Cc1ccon1. The van der Waals surface area contributed by atoms with Gasteiger partial charge in [0.15, 0.2) is 5.82 Å². The molecule has 2 aliphatic heterocycles. The van der Waals surface area contributed by atoms with Gasteiger partial charge in [-0.1, -0.05) is 5.16 Å². The van der Waals surface area contributed by atoms with E-state index in [9.17, 15) is 9.18 Å². The van der Waals surface area contributed by atoms with Crippen molar-refractivity contribution in [3.8, 4) is 0 Å². The first-order valence-electron chi connectivity index (χ1n) is 9.20. The molecule has 1 atom stereocenters.